The minimum Gasteiger partial charge on any atom is -0.461 e. The van der Waals surface area contributed by atoms with Gasteiger partial charge in [-0.25, -0.2) is 0 Å². The fourth-order valence-electron chi connectivity index (χ4n) is 7.32. The van der Waals surface area contributed by atoms with E-state index in [0.717, 1.165) is 77.0 Å². The van der Waals surface area contributed by atoms with Crippen LogP contribution in [0.3, 0.4) is 0 Å². The van der Waals surface area contributed by atoms with Crippen LogP contribution in [0.15, 0.2) is 24.3 Å². The van der Waals surface area contributed by atoms with Gasteiger partial charge < -0.3 is 14.4 Å². The summed E-state index contributed by atoms with van der Waals surface area (Å²) in [5.41, 5.74) is 0. The summed E-state index contributed by atoms with van der Waals surface area (Å²) in [4.78, 5) is 28.8. The molecule has 3 unspecified atom stereocenters. The Balaban J connectivity index is 4.61. The fourth-order valence-corrected chi connectivity index (χ4v) is 7.32. The molecular formula is C49H93NO4. The molecule has 0 bridgehead atoms. The van der Waals surface area contributed by atoms with E-state index in [1.165, 1.54) is 128 Å². The average Bonchev–Trinajstić information content (AvgIpc) is 3.16. The van der Waals surface area contributed by atoms with Gasteiger partial charge in [0.25, 0.3) is 0 Å². The molecule has 0 heterocycles. The van der Waals surface area contributed by atoms with E-state index in [2.05, 4.69) is 52.0 Å². The monoisotopic (exact) mass is 760 g/mol. The normalized spacial score (nSPS) is 13.6. The molecule has 0 amide bonds. The van der Waals surface area contributed by atoms with E-state index in [-0.39, 0.29) is 30.4 Å². The van der Waals surface area contributed by atoms with E-state index < -0.39 is 6.10 Å². The lowest BCUT2D eigenvalue weighted by Crippen LogP contribution is -2.37. The number of carbonyl (C=O) groups is 2. The van der Waals surface area contributed by atoms with Gasteiger partial charge in [-0.2, -0.15) is 0 Å². The first-order valence-corrected chi connectivity index (χ1v) is 23.7. The Morgan fingerprint density at radius 3 is 1.17 bits per heavy atom. The lowest BCUT2D eigenvalue weighted by atomic mass is 9.95. The number of esters is 2. The van der Waals surface area contributed by atoms with Gasteiger partial charge in [0.1, 0.15) is 12.7 Å². The molecule has 0 saturated carbocycles. The molecule has 0 aliphatic rings. The fraction of sp³-hybridized carbons (Fsp3) is 0.878. The van der Waals surface area contributed by atoms with E-state index >= 15 is 0 Å². The Labute approximate surface area is 337 Å². The highest BCUT2D eigenvalue weighted by Gasteiger charge is 2.26. The van der Waals surface area contributed by atoms with Crippen molar-refractivity contribution < 1.29 is 19.1 Å². The standard InChI is InChI=1S/C49H93NO4/c1-7-11-15-17-19-21-23-25-27-29-31-33-35-37-41-45(39-13-9-3)48(51)53-44-47(43-50(5)6)54-49(52)46(40-14-10-4)42-38-36-34-32-30-28-26-24-22-20-18-16-12-8-2/h25-28,45-47H,7-24,29-44H2,1-6H3/b27-25-,28-26-. The van der Waals surface area contributed by atoms with Crippen LogP contribution in [0.1, 0.15) is 233 Å². The van der Waals surface area contributed by atoms with Crippen molar-refractivity contribution in [3.05, 3.63) is 24.3 Å². The quantitative estimate of drug-likeness (QED) is 0.0353. The summed E-state index contributed by atoms with van der Waals surface area (Å²) in [6, 6.07) is 0. The predicted octanol–water partition coefficient (Wildman–Crippen LogP) is 14.9. The average molecular weight is 760 g/mol. The van der Waals surface area contributed by atoms with Crippen LogP contribution in [0.5, 0.6) is 0 Å². The maximum Gasteiger partial charge on any atom is 0.309 e. The van der Waals surface area contributed by atoms with Crippen molar-refractivity contribution in [1.82, 2.24) is 4.90 Å². The zero-order valence-corrected chi connectivity index (χ0v) is 37.2. The number of carbonyl (C=O) groups excluding carboxylic acids is 2. The zero-order valence-electron chi connectivity index (χ0n) is 37.2. The minimum atomic E-state index is -0.440. The molecule has 0 saturated heterocycles. The Kier molecular flexibility index (Phi) is 39.8. The van der Waals surface area contributed by atoms with Crippen LogP contribution in [-0.4, -0.2) is 50.2 Å². The summed E-state index contributed by atoms with van der Waals surface area (Å²) in [6.07, 6.45) is 47.2. The zero-order chi connectivity index (χ0) is 39.7. The first-order chi connectivity index (χ1) is 26.4. The van der Waals surface area contributed by atoms with Crippen molar-refractivity contribution in [3.63, 3.8) is 0 Å². The summed E-state index contributed by atoms with van der Waals surface area (Å²) >= 11 is 0. The molecule has 0 spiro atoms. The van der Waals surface area contributed by atoms with Gasteiger partial charge in [-0.15, -0.1) is 0 Å². The van der Waals surface area contributed by atoms with Crippen molar-refractivity contribution in [3.8, 4) is 0 Å². The smallest absolute Gasteiger partial charge is 0.309 e. The van der Waals surface area contributed by atoms with Gasteiger partial charge in [0.2, 0.25) is 0 Å². The van der Waals surface area contributed by atoms with Gasteiger partial charge in [0, 0.05) is 6.54 Å². The Bertz CT molecular complexity index is 868. The molecule has 0 aliphatic heterocycles. The Morgan fingerprint density at radius 1 is 0.444 bits per heavy atom. The third-order valence-corrected chi connectivity index (χ3v) is 10.9. The lowest BCUT2D eigenvalue weighted by molar-refractivity contribution is -0.165. The highest BCUT2D eigenvalue weighted by Crippen LogP contribution is 2.22. The third kappa shape index (κ3) is 34.8. The van der Waals surface area contributed by atoms with Gasteiger partial charge in [0.05, 0.1) is 11.8 Å². The third-order valence-electron chi connectivity index (χ3n) is 10.9. The van der Waals surface area contributed by atoms with E-state index in [1.807, 2.05) is 19.0 Å². The minimum absolute atomic E-state index is 0.0639. The molecule has 3 atom stereocenters. The van der Waals surface area contributed by atoms with Gasteiger partial charge in [-0.3, -0.25) is 9.59 Å². The first-order valence-electron chi connectivity index (χ1n) is 23.7. The number of nitrogens with zero attached hydrogens (tertiary/aromatic N) is 1. The number of hydrogen-bond acceptors (Lipinski definition) is 5. The summed E-state index contributed by atoms with van der Waals surface area (Å²) in [6.45, 7) is 9.61. The van der Waals surface area contributed by atoms with Crippen molar-refractivity contribution in [2.24, 2.45) is 11.8 Å². The molecule has 318 valence electrons. The molecule has 0 fully saturated rings. The van der Waals surface area contributed by atoms with Crippen LogP contribution >= 0.6 is 0 Å². The molecule has 0 aromatic rings. The van der Waals surface area contributed by atoms with E-state index in [9.17, 15) is 9.59 Å². The molecule has 5 nitrogen and oxygen atoms in total. The number of allylic oxidation sites excluding steroid dienone is 4. The number of unbranched alkanes of at least 4 members (excludes halogenated alkanes) is 22. The SMILES string of the molecule is CCCCCCCC/C=C\CCCCCCC(CCCC)C(=O)OCC(CN(C)C)OC(=O)C(CCCC)CCCCCC/C=C\CCCCCCCC. The second-order valence-electron chi connectivity index (χ2n) is 16.7. The second-order valence-corrected chi connectivity index (χ2v) is 16.7. The number of hydrogen-bond donors (Lipinski definition) is 0. The maximum atomic E-state index is 13.5. The molecule has 54 heavy (non-hydrogen) atoms. The van der Waals surface area contributed by atoms with Crippen LogP contribution in [-0.2, 0) is 19.1 Å². The Morgan fingerprint density at radius 2 is 0.778 bits per heavy atom. The number of likely N-dealkylation sites (N-methyl/N-ethyl adjacent to an activating group) is 1. The Hall–Kier alpha value is -1.62. The molecule has 0 radical (unpaired) electrons. The maximum absolute atomic E-state index is 13.5. The van der Waals surface area contributed by atoms with E-state index in [0.29, 0.717) is 6.54 Å². The summed E-state index contributed by atoms with van der Waals surface area (Å²) in [5, 5.41) is 0. The summed E-state index contributed by atoms with van der Waals surface area (Å²) < 4.78 is 12.0. The highest BCUT2D eigenvalue weighted by molar-refractivity contribution is 5.73. The van der Waals surface area contributed by atoms with E-state index in [1.54, 1.807) is 0 Å². The van der Waals surface area contributed by atoms with Crippen LogP contribution in [0.25, 0.3) is 0 Å². The van der Waals surface area contributed by atoms with Crippen LogP contribution in [0, 0.1) is 11.8 Å². The van der Waals surface area contributed by atoms with Gasteiger partial charge in [0.15, 0.2) is 0 Å². The predicted molar refractivity (Wildman–Crippen MR) is 235 cm³/mol. The van der Waals surface area contributed by atoms with Gasteiger partial charge in [-0.1, -0.05) is 180 Å². The largest absolute Gasteiger partial charge is 0.461 e. The first kappa shape index (κ1) is 52.4. The van der Waals surface area contributed by atoms with E-state index in [4.69, 9.17) is 9.47 Å². The second kappa shape index (κ2) is 41.0. The number of rotatable bonds is 41. The molecule has 5 heteroatoms. The van der Waals surface area contributed by atoms with Crippen molar-refractivity contribution in [1.29, 1.82) is 0 Å². The molecule has 0 N–H and O–H groups in total. The molecule has 0 aliphatic carbocycles. The lowest BCUT2D eigenvalue weighted by Gasteiger charge is -2.25. The highest BCUT2D eigenvalue weighted by atomic mass is 16.6. The summed E-state index contributed by atoms with van der Waals surface area (Å²) in [7, 11) is 3.97. The van der Waals surface area contributed by atoms with Crippen molar-refractivity contribution >= 4 is 11.9 Å². The van der Waals surface area contributed by atoms with Crippen molar-refractivity contribution in [2.45, 2.75) is 239 Å². The van der Waals surface area contributed by atoms with Crippen LogP contribution < -0.4 is 0 Å². The molecular weight excluding hydrogens is 667 g/mol. The van der Waals surface area contributed by atoms with Gasteiger partial charge in [-0.05, 0) is 91.1 Å². The van der Waals surface area contributed by atoms with Crippen LogP contribution in [0.4, 0.5) is 0 Å². The molecule has 0 aromatic carbocycles. The topological polar surface area (TPSA) is 55.8 Å². The van der Waals surface area contributed by atoms with Gasteiger partial charge >= 0.3 is 11.9 Å². The molecule has 0 rings (SSSR count). The number of ether oxygens (including phenoxy) is 2. The van der Waals surface area contributed by atoms with Crippen molar-refractivity contribution in [2.75, 3.05) is 27.2 Å². The summed E-state index contributed by atoms with van der Waals surface area (Å²) in [5.74, 6) is -0.355. The molecule has 0 aromatic heterocycles. The van der Waals surface area contributed by atoms with Crippen LogP contribution in [0.2, 0.25) is 0 Å².